The first-order valence-corrected chi connectivity index (χ1v) is 10.9. The Balaban J connectivity index is 1.44. The second kappa shape index (κ2) is 6.94. The molecule has 4 rings (SSSR count). The van der Waals surface area contributed by atoms with E-state index in [1.807, 2.05) is 0 Å². The number of likely N-dealkylation sites (tertiary alicyclic amines) is 1. The van der Waals surface area contributed by atoms with Gasteiger partial charge >= 0.3 is 5.97 Å². The minimum atomic E-state index is 0.0887. The lowest BCUT2D eigenvalue weighted by Crippen LogP contribution is -3.18. The van der Waals surface area contributed by atoms with Gasteiger partial charge in [0.2, 0.25) is 0 Å². The van der Waals surface area contributed by atoms with E-state index in [1.54, 1.807) is 9.80 Å². The molecule has 6 atom stereocenters. The Morgan fingerprint density at radius 2 is 2.08 bits per heavy atom. The Labute approximate surface area is 158 Å². The Morgan fingerprint density at radius 1 is 1.35 bits per heavy atom. The summed E-state index contributed by atoms with van der Waals surface area (Å²) >= 11 is 0. The zero-order valence-corrected chi connectivity index (χ0v) is 17.0. The highest BCUT2D eigenvalue weighted by Crippen LogP contribution is 2.56. The first-order chi connectivity index (χ1) is 12.4. The zero-order valence-electron chi connectivity index (χ0n) is 17.0. The SMILES string of the molecule is C=C1CCC[C@]2(C)C[C@H]3OC(=O)[C@H](C[NH+](C)C4CC[NH+](C)CC4)[C@H]3C[C@H]12. The van der Waals surface area contributed by atoms with E-state index < -0.39 is 0 Å². The molecule has 2 heterocycles. The van der Waals surface area contributed by atoms with Crippen LogP contribution in [0.5, 0.6) is 0 Å². The number of rotatable bonds is 3. The van der Waals surface area contributed by atoms with Crippen molar-refractivity contribution in [2.45, 2.75) is 64.0 Å². The monoisotopic (exact) mass is 362 g/mol. The lowest BCUT2D eigenvalue weighted by molar-refractivity contribution is -0.941. The molecule has 146 valence electrons. The Bertz CT molecular complexity index is 568. The van der Waals surface area contributed by atoms with Gasteiger partial charge in [0.1, 0.15) is 12.0 Å². The van der Waals surface area contributed by atoms with Gasteiger partial charge in [-0.2, -0.15) is 0 Å². The smallest absolute Gasteiger partial charge is 0.315 e. The number of quaternary nitrogens is 2. The summed E-state index contributed by atoms with van der Waals surface area (Å²) in [6.45, 7) is 10.3. The highest BCUT2D eigenvalue weighted by atomic mass is 16.6. The molecule has 4 heteroatoms. The second-order valence-electron chi connectivity index (χ2n) is 10.2. The van der Waals surface area contributed by atoms with E-state index >= 15 is 0 Å². The van der Waals surface area contributed by atoms with Crippen LogP contribution in [0, 0.1) is 23.2 Å². The fraction of sp³-hybridized carbons (Fsp3) is 0.864. The number of nitrogens with one attached hydrogen (secondary N) is 2. The number of fused-ring (bicyclic) bond motifs is 2. The summed E-state index contributed by atoms with van der Waals surface area (Å²) in [5.41, 5.74) is 1.75. The summed E-state index contributed by atoms with van der Waals surface area (Å²) in [7, 11) is 4.60. The third-order valence-electron chi connectivity index (χ3n) is 8.40. The average molecular weight is 363 g/mol. The van der Waals surface area contributed by atoms with Crippen LogP contribution in [0.2, 0.25) is 0 Å². The largest absolute Gasteiger partial charge is 0.462 e. The highest BCUT2D eigenvalue weighted by molar-refractivity contribution is 5.75. The van der Waals surface area contributed by atoms with Crippen LogP contribution in [0.4, 0.5) is 0 Å². The van der Waals surface area contributed by atoms with Crippen molar-refractivity contribution < 1.29 is 19.3 Å². The van der Waals surface area contributed by atoms with Gasteiger partial charge in [0.05, 0.1) is 39.8 Å². The van der Waals surface area contributed by atoms with Crippen LogP contribution in [0.15, 0.2) is 12.2 Å². The third-order valence-corrected chi connectivity index (χ3v) is 8.40. The van der Waals surface area contributed by atoms with Gasteiger partial charge in [-0.05, 0) is 43.4 Å². The van der Waals surface area contributed by atoms with Crippen molar-refractivity contribution in [1.29, 1.82) is 0 Å². The molecular formula is C22H38N2O2+2. The number of hydrogen-bond donors (Lipinski definition) is 2. The quantitative estimate of drug-likeness (QED) is 0.566. The molecule has 0 aromatic carbocycles. The summed E-state index contributed by atoms with van der Waals surface area (Å²) in [6, 6.07) is 0.712. The van der Waals surface area contributed by atoms with Gasteiger partial charge in [-0.1, -0.05) is 19.1 Å². The molecule has 2 aliphatic carbocycles. The van der Waals surface area contributed by atoms with Gasteiger partial charge in [0.15, 0.2) is 0 Å². The van der Waals surface area contributed by atoms with Gasteiger partial charge in [-0.3, -0.25) is 4.79 Å². The van der Waals surface area contributed by atoms with Gasteiger partial charge in [0, 0.05) is 18.8 Å². The Morgan fingerprint density at radius 3 is 2.81 bits per heavy atom. The number of carbonyl (C=O) groups excluding carboxylic acids is 1. The molecule has 2 saturated heterocycles. The molecule has 2 N–H and O–H groups in total. The highest BCUT2D eigenvalue weighted by Gasteiger charge is 2.56. The van der Waals surface area contributed by atoms with Crippen LogP contribution in [0.1, 0.15) is 51.9 Å². The van der Waals surface area contributed by atoms with Gasteiger partial charge in [-0.25, -0.2) is 0 Å². The third kappa shape index (κ3) is 3.24. The predicted octanol–water partition coefficient (Wildman–Crippen LogP) is 0.492. The molecule has 0 bridgehead atoms. The Kier molecular flexibility index (Phi) is 4.94. The summed E-state index contributed by atoms with van der Waals surface area (Å²) in [4.78, 5) is 15.9. The van der Waals surface area contributed by atoms with Gasteiger partial charge < -0.3 is 14.5 Å². The number of hydrogen-bond acceptors (Lipinski definition) is 2. The Hall–Kier alpha value is -0.870. The van der Waals surface area contributed by atoms with Crippen molar-refractivity contribution in [2.24, 2.45) is 23.2 Å². The van der Waals surface area contributed by atoms with Crippen molar-refractivity contribution in [3.8, 4) is 0 Å². The van der Waals surface area contributed by atoms with Crippen LogP contribution >= 0.6 is 0 Å². The standard InChI is InChI=1S/C22H36N2O2/c1-15-6-5-9-22(2)13-20-17(12-19(15)22)18(21(25)26-20)14-24(4)16-7-10-23(3)11-8-16/h16-20H,1,5-14H2,2-4H3/p+2/t17-,18-,19-,20-,22-/m1/s1. The molecule has 4 nitrogen and oxygen atoms in total. The minimum Gasteiger partial charge on any atom is -0.462 e. The normalized spacial score (nSPS) is 47.0. The van der Waals surface area contributed by atoms with Crippen molar-refractivity contribution in [3.63, 3.8) is 0 Å². The van der Waals surface area contributed by atoms with Crippen molar-refractivity contribution in [1.82, 2.24) is 0 Å². The van der Waals surface area contributed by atoms with E-state index in [0.29, 0.717) is 23.3 Å². The topological polar surface area (TPSA) is 35.2 Å². The van der Waals surface area contributed by atoms with E-state index in [-0.39, 0.29) is 18.0 Å². The zero-order chi connectivity index (χ0) is 18.5. The second-order valence-corrected chi connectivity index (χ2v) is 10.2. The number of esters is 1. The van der Waals surface area contributed by atoms with E-state index in [1.165, 1.54) is 50.8 Å². The maximum Gasteiger partial charge on any atom is 0.315 e. The van der Waals surface area contributed by atoms with Crippen LogP contribution in [0.25, 0.3) is 0 Å². The number of allylic oxidation sites excluding steroid dienone is 1. The minimum absolute atomic E-state index is 0.0887. The van der Waals surface area contributed by atoms with Gasteiger partial charge in [-0.15, -0.1) is 0 Å². The summed E-state index contributed by atoms with van der Waals surface area (Å²) in [5.74, 6) is 1.21. The van der Waals surface area contributed by atoms with Crippen LogP contribution < -0.4 is 9.80 Å². The molecule has 0 spiro atoms. The molecule has 0 radical (unpaired) electrons. The van der Waals surface area contributed by atoms with Crippen LogP contribution in [-0.2, 0) is 9.53 Å². The van der Waals surface area contributed by atoms with Crippen molar-refractivity contribution >= 4 is 5.97 Å². The van der Waals surface area contributed by atoms with Crippen LogP contribution in [0.3, 0.4) is 0 Å². The van der Waals surface area contributed by atoms with Crippen molar-refractivity contribution in [2.75, 3.05) is 33.7 Å². The summed E-state index contributed by atoms with van der Waals surface area (Å²) < 4.78 is 5.95. The van der Waals surface area contributed by atoms with E-state index in [4.69, 9.17) is 4.74 Å². The van der Waals surface area contributed by atoms with Crippen LogP contribution in [-0.4, -0.2) is 51.8 Å². The lowest BCUT2D eigenvalue weighted by atomic mass is 9.55. The molecule has 2 saturated carbocycles. The molecule has 4 fully saturated rings. The van der Waals surface area contributed by atoms with E-state index in [2.05, 4.69) is 27.6 Å². The fourth-order valence-electron chi connectivity index (χ4n) is 6.61. The lowest BCUT2D eigenvalue weighted by Gasteiger charge is -2.50. The summed E-state index contributed by atoms with van der Waals surface area (Å²) in [6.07, 6.45) is 8.61. The van der Waals surface area contributed by atoms with E-state index in [0.717, 1.165) is 19.4 Å². The molecule has 0 aromatic heterocycles. The average Bonchev–Trinajstić information content (AvgIpc) is 2.88. The molecule has 1 unspecified atom stereocenters. The molecule has 4 aliphatic rings. The molecule has 0 aromatic rings. The first kappa shape index (κ1) is 18.5. The predicted molar refractivity (Wildman–Crippen MR) is 102 cm³/mol. The summed E-state index contributed by atoms with van der Waals surface area (Å²) in [5, 5.41) is 0. The maximum absolute atomic E-state index is 12.7. The van der Waals surface area contributed by atoms with Crippen molar-refractivity contribution in [3.05, 3.63) is 12.2 Å². The molecule has 0 amide bonds. The van der Waals surface area contributed by atoms with Gasteiger partial charge in [0.25, 0.3) is 0 Å². The number of ether oxygens (including phenoxy) is 1. The molecule has 2 aliphatic heterocycles. The molecular weight excluding hydrogens is 324 g/mol. The number of carbonyl (C=O) groups is 1. The number of piperidine rings is 1. The fourth-order valence-corrected chi connectivity index (χ4v) is 6.61. The first-order valence-electron chi connectivity index (χ1n) is 10.9. The molecule has 26 heavy (non-hydrogen) atoms. The van der Waals surface area contributed by atoms with E-state index in [9.17, 15) is 4.79 Å². The maximum atomic E-state index is 12.7.